The lowest BCUT2D eigenvalue weighted by atomic mass is 9.83. The van der Waals surface area contributed by atoms with E-state index in [0.29, 0.717) is 0 Å². The third-order valence-electron chi connectivity index (χ3n) is 6.94. The minimum atomic E-state index is -3.14. The molecule has 2 aliphatic rings. The molecule has 3 nitrogen and oxygen atoms in total. The molecule has 0 bridgehead atoms. The van der Waals surface area contributed by atoms with Crippen molar-refractivity contribution < 1.29 is 9.67 Å². The van der Waals surface area contributed by atoms with Crippen LogP contribution >= 0.6 is 7.29 Å². The van der Waals surface area contributed by atoms with E-state index in [1.54, 1.807) is 0 Å². The highest BCUT2D eigenvalue weighted by Gasteiger charge is 2.57. The summed E-state index contributed by atoms with van der Waals surface area (Å²) < 4.78 is 17.6. The van der Waals surface area contributed by atoms with Crippen molar-refractivity contribution in [2.45, 2.75) is 38.5 Å². The van der Waals surface area contributed by atoms with Gasteiger partial charge in [-0.15, -0.1) is 0 Å². The first-order valence-corrected chi connectivity index (χ1v) is 13.6. The quantitative estimate of drug-likeness (QED) is 0.335. The Hall–Kier alpha value is -2.71. The maximum atomic E-state index is 15.4. The summed E-state index contributed by atoms with van der Waals surface area (Å²) in [5.41, 5.74) is 1.69. The molecule has 1 saturated heterocycles. The third kappa shape index (κ3) is 3.82. The van der Waals surface area contributed by atoms with Gasteiger partial charge >= 0.3 is 0 Å². The first-order valence-electron chi connectivity index (χ1n) is 12.0. The summed E-state index contributed by atoms with van der Waals surface area (Å²) in [6.07, 6.45) is 5.70. The highest BCUT2D eigenvalue weighted by atomic mass is 31.2. The van der Waals surface area contributed by atoms with Gasteiger partial charge in [0.15, 0.2) is 0 Å². The van der Waals surface area contributed by atoms with Gasteiger partial charge in [-0.1, -0.05) is 97.1 Å². The SMILES string of the molecule is CC(C)(C)N1[C@H](c2ccccc2)[C@H]2C=C[C@@H]([C@H](O)c3ccccc3)C=C2[P@]1(=O)c1ccccc1. The van der Waals surface area contributed by atoms with Gasteiger partial charge in [-0.25, -0.2) is 4.67 Å². The Labute approximate surface area is 202 Å². The Bertz CT molecular complexity index is 1250. The molecule has 0 saturated carbocycles. The van der Waals surface area contributed by atoms with Crippen molar-refractivity contribution in [2.24, 2.45) is 11.8 Å². The van der Waals surface area contributed by atoms with Crippen LogP contribution in [0.2, 0.25) is 0 Å². The van der Waals surface area contributed by atoms with Crippen LogP contribution in [0.15, 0.2) is 115 Å². The van der Waals surface area contributed by atoms with Gasteiger partial charge in [0.1, 0.15) is 0 Å². The van der Waals surface area contributed by atoms with Crippen LogP contribution in [0.5, 0.6) is 0 Å². The second kappa shape index (κ2) is 8.82. The van der Waals surface area contributed by atoms with E-state index in [0.717, 1.165) is 21.7 Å². The minimum absolute atomic E-state index is 0.0214. The summed E-state index contributed by atoms with van der Waals surface area (Å²) in [6, 6.07) is 30.0. The molecule has 1 aliphatic heterocycles. The molecular formula is C30H32NO2P. The molecule has 0 aromatic heterocycles. The maximum Gasteiger partial charge on any atom is 0.204 e. The smallest absolute Gasteiger partial charge is 0.204 e. The zero-order chi connectivity index (χ0) is 23.9. The number of nitrogens with zero attached hydrogens (tertiary/aromatic N) is 1. The van der Waals surface area contributed by atoms with Crippen LogP contribution in [-0.4, -0.2) is 15.3 Å². The Morgan fingerprint density at radius 3 is 1.97 bits per heavy atom. The van der Waals surface area contributed by atoms with Crippen LogP contribution in [-0.2, 0) is 4.57 Å². The summed E-state index contributed by atoms with van der Waals surface area (Å²) in [7, 11) is -3.14. The fourth-order valence-electron chi connectivity index (χ4n) is 5.54. The van der Waals surface area contributed by atoms with Crippen molar-refractivity contribution in [3.63, 3.8) is 0 Å². The number of benzene rings is 3. The van der Waals surface area contributed by atoms with E-state index < -0.39 is 13.4 Å². The minimum Gasteiger partial charge on any atom is -0.387 e. The molecule has 4 heteroatoms. The fourth-order valence-corrected chi connectivity index (χ4v) is 9.39. The van der Waals surface area contributed by atoms with Crippen molar-refractivity contribution >= 4 is 12.6 Å². The molecule has 174 valence electrons. The predicted octanol–water partition coefficient (Wildman–Crippen LogP) is 6.87. The fraction of sp³-hybridized carbons (Fsp3) is 0.267. The van der Waals surface area contributed by atoms with Crippen LogP contribution in [0.3, 0.4) is 0 Å². The molecule has 0 spiro atoms. The van der Waals surface area contributed by atoms with Crippen LogP contribution in [0.1, 0.15) is 44.0 Å². The molecule has 34 heavy (non-hydrogen) atoms. The van der Waals surface area contributed by atoms with Crippen molar-refractivity contribution in [3.05, 3.63) is 126 Å². The van der Waals surface area contributed by atoms with Crippen molar-refractivity contribution in [2.75, 3.05) is 0 Å². The first kappa shape index (κ1) is 23.1. The van der Waals surface area contributed by atoms with Crippen LogP contribution in [0.4, 0.5) is 0 Å². The summed E-state index contributed by atoms with van der Waals surface area (Å²) in [4.78, 5) is 0. The van der Waals surface area contributed by atoms with Gasteiger partial charge in [0.25, 0.3) is 0 Å². The maximum absolute atomic E-state index is 15.4. The molecule has 1 fully saturated rings. The monoisotopic (exact) mass is 469 g/mol. The second-order valence-electron chi connectivity index (χ2n) is 10.2. The Kier molecular flexibility index (Phi) is 5.98. The average Bonchev–Trinajstić information content (AvgIpc) is 3.15. The lowest BCUT2D eigenvalue weighted by Crippen LogP contribution is -2.41. The number of rotatable bonds is 4. The first-order chi connectivity index (χ1) is 16.3. The van der Waals surface area contributed by atoms with E-state index in [9.17, 15) is 5.11 Å². The normalized spacial score (nSPS) is 27.8. The zero-order valence-electron chi connectivity index (χ0n) is 20.0. The number of aliphatic hydroxyl groups excluding tert-OH is 1. The van der Waals surface area contributed by atoms with E-state index in [2.05, 4.69) is 67.9 Å². The number of fused-ring (bicyclic) bond motifs is 1. The lowest BCUT2D eigenvalue weighted by Gasteiger charge is -2.41. The summed E-state index contributed by atoms with van der Waals surface area (Å²) in [5, 5.41) is 13.0. The van der Waals surface area contributed by atoms with Gasteiger partial charge in [-0.05, 0) is 44.0 Å². The van der Waals surface area contributed by atoms with Crippen LogP contribution in [0, 0.1) is 11.8 Å². The number of hydrogen-bond acceptors (Lipinski definition) is 2. The standard InChI is InChI=1S/C30H32NO2P/c1-30(2,3)31-28(22-13-7-4-8-14-22)26-20-19-24(29(32)23-15-9-5-10-16-23)21-27(26)34(31,33)25-17-11-6-12-18-25/h4-21,24,26,28-29,32H,1-3H3/t24-,26+,28-,29-,34-/m1/s1. The van der Waals surface area contributed by atoms with Gasteiger partial charge in [0, 0.05) is 28.0 Å². The van der Waals surface area contributed by atoms with E-state index in [1.165, 1.54) is 0 Å². The van der Waals surface area contributed by atoms with Gasteiger partial charge in [0.2, 0.25) is 7.29 Å². The van der Waals surface area contributed by atoms with Gasteiger partial charge in [0.05, 0.1) is 12.1 Å². The molecule has 0 unspecified atom stereocenters. The van der Waals surface area contributed by atoms with Crippen molar-refractivity contribution in [1.29, 1.82) is 0 Å². The third-order valence-corrected chi connectivity index (χ3v) is 10.5. The topological polar surface area (TPSA) is 40.5 Å². The molecule has 1 aliphatic carbocycles. The van der Waals surface area contributed by atoms with E-state index in [1.807, 2.05) is 66.7 Å². The van der Waals surface area contributed by atoms with Gasteiger partial charge in [-0.3, -0.25) is 4.57 Å². The Balaban J connectivity index is 1.71. The summed E-state index contributed by atoms with van der Waals surface area (Å²) in [5.74, 6) is -0.256. The number of hydrogen-bond donors (Lipinski definition) is 1. The highest BCUT2D eigenvalue weighted by molar-refractivity contribution is 7.73. The molecule has 5 atom stereocenters. The second-order valence-corrected chi connectivity index (χ2v) is 12.8. The highest BCUT2D eigenvalue weighted by Crippen LogP contribution is 2.73. The lowest BCUT2D eigenvalue weighted by molar-refractivity contribution is 0.148. The molecule has 0 amide bonds. The van der Waals surface area contributed by atoms with Crippen molar-refractivity contribution in [1.82, 2.24) is 4.67 Å². The summed E-state index contributed by atoms with van der Waals surface area (Å²) >= 11 is 0. The zero-order valence-corrected chi connectivity index (χ0v) is 20.8. The molecule has 3 aromatic rings. The Morgan fingerprint density at radius 2 is 1.38 bits per heavy atom. The van der Waals surface area contributed by atoms with Crippen LogP contribution < -0.4 is 5.30 Å². The Morgan fingerprint density at radius 1 is 0.824 bits per heavy atom. The molecule has 1 heterocycles. The van der Waals surface area contributed by atoms with Crippen LogP contribution in [0.25, 0.3) is 0 Å². The largest absolute Gasteiger partial charge is 0.387 e. The molecular weight excluding hydrogens is 437 g/mol. The van der Waals surface area contributed by atoms with Gasteiger partial charge < -0.3 is 5.11 Å². The molecule has 3 aromatic carbocycles. The molecule has 1 N–H and O–H groups in total. The van der Waals surface area contributed by atoms with Crippen molar-refractivity contribution in [3.8, 4) is 0 Å². The average molecular weight is 470 g/mol. The number of aliphatic hydroxyl groups is 1. The van der Waals surface area contributed by atoms with Gasteiger partial charge in [-0.2, -0.15) is 0 Å². The van der Waals surface area contributed by atoms with E-state index in [4.69, 9.17) is 0 Å². The summed E-state index contributed by atoms with van der Waals surface area (Å²) in [6.45, 7) is 6.45. The molecule has 0 radical (unpaired) electrons. The molecule has 5 rings (SSSR count). The van der Waals surface area contributed by atoms with E-state index >= 15 is 4.57 Å². The predicted molar refractivity (Wildman–Crippen MR) is 140 cm³/mol. The van der Waals surface area contributed by atoms with E-state index in [-0.39, 0.29) is 23.4 Å².